The number of aliphatic hydroxyl groups excluding tert-OH is 10. The van der Waals surface area contributed by atoms with Gasteiger partial charge in [0.1, 0.15) is 95.4 Å². The molecule has 3 fully saturated rings. The fourth-order valence-electron chi connectivity index (χ4n) is 6.28. The average molecular weight is 757 g/mol. The van der Waals surface area contributed by atoms with Crippen LogP contribution >= 0.6 is 0 Å². The number of benzene rings is 2. The summed E-state index contributed by atoms with van der Waals surface area (Å²) in [5.41, 5.74) is -1.18. The molecule has 0 spiro atoms. The zero-order chi connectivity index (χ0) is 38.5. The lowest BCUT2D eigenvalue weighted by Crippen LogP contribution is -2.64. The first-order chi connectivity index (χ1) is 25.1. The Kier molecular flexibility index (Phi) is 11.5. The Balaban J connectivity index is 1.31. The van der Waals surface area contributed by atoms with Crippen LogP contribution in [0.2, 0.25) is 0 Å². The first kappa shape index (κ1) is 39.0. The van der Waals surface area contributed by atoms with Crippen molar-refractivity contribution in [1.29, 1.82) is 0 Å². The fourth-order valence-corrected chi connectivity index (χ4v) is 6.28. The second-order valence-corrected chi connectivity index (χ2v) is 12.9. The number of hydrogen-bond donors (Lipinski definition) is 12. The van der Waals surface area contributed by atoms with Gasteiger partial charge in [0.05, 0.1) is 19.3 Å². The van der Waals surface area contributed by atoms with E-state index >= 15 is 0 Å². The van der Waals surface area contributed by atoms with Crippen LogP contribution in [0, 0.1) is 0 Å². The van der Waals surface area contributed by atoms with E-state index in [1.807, 2.05) is 0 Å². The van der Waals surface area contributed by atoms with Gasteiger partial charge in [-0.3, -0.25) is 4.79 Å². The summed E-state index contributed by atoms with van der Waals surface area (Å²) in [5.74, 6) is -2.08. The number of phenolic OH excluding ortho intramolecular Hbond substituents is 2. The van der Waals surface area contributed by atoms with E-state index in [9.17, 15) is 66.1 Å². The van der Waals surface area contributed by atoms with Crippen molar-refractivity contribution in [2.24, 2.45) is 0 Å². The topological polar surface area (TPSA) is 328 Å². The van der Waals surface area contributed by atoms with Gasteiger partial charge in [-0.2, -0.15) is 0 Å². The van der Waals surface area contributed by atoms with Crippen LogP contribution < -0.4 is 14.9 Å². The third-order valence-corrected chi connectivity index (χ3v) is 9.29. The lowest BCUT2D eigenvalue weighted by molar-refractivity contribution is -0.348. The summed E-state index contributed by atoms with van der Waals surface area (Å²) >= 11 is 0. The Bertz CT molecular complexity index is 1780. The summed E-state index contributed by atoms with van der Waals surface area (Å²) in [7, 11) is 0. The molecular formula is C33H40O20. The highest BCUT2D eigenvalue weighted by Gasteiger charge is 2.51. The molecule has 15 unspecified atom stereocenters. The number of aliphatic hydroxyl groups is 10. The minimum Gasteiger partial charge on any atom is -0.508 e. The standard InChI is InChI=1S/C33H40O20/c1-10-28(52-33-26(45)23(42)20(39)17(9-35)51-33)24(43)27(46)31(47-10)53-30-21(40)18-14(37)6-13(48-32-25(44)22(41)19(38)16(8-34)50-32)7-15(18)49-29(30)11-2-4-12(36)5-3-11/h2-7,10,16-17,19-20,22-28,31-39,41-46H,8-9H2,1H3. The van der Waals surface area contributed by atoms with Crippen LogP contribution in [0.5, 0.6) is 23.0 Å². The van der Waals surface area contributed by atoms with Crippen LogP contribution in [-0.4, -0.2) is 167 Å². The van der Waals surface area contributed by atoms with Gasteiger partial charge in [-0.05, 0) is 31.2 Å². The van der Waals surface area contributed by atoms with Crippen molar-refractivity contribution >= 4 is 11.0 Å². The zero-order valence-corrected chi connectivity index (χ0v) is 27.7. The number of fused-ring (bicyclic) bond motifs is 1. The van der Waals surface area contributed by atoms with Crippen LogP contribution in [0.3, 0.4) is 0 Å². The molecule has 3 aliphatic heterocycles. The van der Waals surface area contributed by atoms with Gasteiger partial charge in [0.25, 0.3) is 0 Å². The molecule has 20 nitrogen and oxygen atoms in total. The summed E-state index contributed by atoms with van der Waals surface area (Å²) in [6.07, 6.45) is -24.8. The number of rotatable bonds is 9. The van der Waals surface area contributed by atoms with E-state index in [-0.39, 0.29) is 28.4 Å². The minimum atomic E-state index is -1.97. The molecule has 1 aromatic heterocycles. The molecule has 4 heterocycles. The average Bonchev–Trinajstić information content (AvgIpc) is 3.13. The molecule has 20 heteroatoms. The molecule has 292 valence electrons. The predicted molar refractivity (Wildman–Crippen MR) is 171 cm³/mol. The van der Waals surface area contributed by atoms with E-state index in [0.29, 0.717) is 0 Å². The molecule has 3 aliphatic rings. The van der Waals surface area contributed by atoms with Crippen molar-refractivity contribution in [2.45, 2.75) is 99.0 Å². The minimum absolute atomic E-state index is 0.138. The Morgan fingerprint density at radius 2 is 1.21 bits per heavy atom. The van der Waals surface area contributed by atoms with E-state index in [4.69, 9.17) is 32.8 Å². The van der Waals surface area contributed by atoms with Gasteiger partial charge >= 0.3 is 0 Å². The van der Waals surface area contributed by atoms with Crippen LogP contribution in [0.15, 0.2) is 45.6 Å². The highest BCUT2D eigenvalue weighted by molar-refractivity contribution is 5.88. The highest BCUT2D eigenvalue weighted by Crippen LogP contribution is 2.39. The Labute approximate surface area is 298 Å². The van der Waals surface area contributed by atoms with Gasteiger partial charge in [0, 0.05) is 17.7 Å². The lowest BCUT2D eigenvalue weighted by atomic mass is 9.97. The van der Waals surface area contributed by atoms with Gasteiger partial charge < -0.3 is 94.1 Å². The molecule has 0 amide bonds. The molecule has 53 heavy (non-hydrogen) atoms. The normalized spacial score (nSPS) is 37.8. The molecule has 3 saturated heterocycles. The van der Waals surface area contributed by atoms with Crippen molar-refractivity contribution in [3.8, 4) is 34.3 Å². The van der Waals surface area contributed by atoms with Crippen molar-refractivity contribution in [3.05, 3.63) is 46.6 Å². The predicted octanol–water partition coefficient (Wildman–Crippen LogP) is -3.92. The largest absolute Gasteiger partial charge is 0.508 e. The second-order valence-electron chi connectivity index (χ2n) is 12.9. The second kappa shape index (κ2) is 15.6. The van der Waals surface area contributed by atoms with Crippen LogP contribution in [0.25, 0.3) is 22.3 Å². The van der Waals surface area contributed by atoms with Crippen molar-refractivity contribution in [2.75, 3.05) is 13.2 Å². The first-order valence-corrected chi connectivity index (χ1v) is 16.4. The number of phenols is 2. The summed E-state index contributed by atoms with van der Waals surface area (Å²) in [6, 6.07) is 7.30. The molecule has 0 aliphatic carbocycles. The van der Waals surface area contributed by atoms with Crippen LogP contribution in [0.1, 0.15) is 6.92 Å². The quantitative estimate of drug-likeness (QED) is 0.0992. The van der Waals surface area contributed by atoms with Crippen LogP contribution in [0.4, 0.5) is 0 Å². The molecular weight excluding hydrogens is 716 g/mol. The number of aromatic hydroxyl groups is 2. The molecule has 12 N–H and O–H groups in total. The van der Waals surface area contributed by atoms with Gasteiger partial charge in [-0.25, -0.2) is 0 Å². The first-order valence-electron chi connectivity index (χ1n) is 16.4. The number of ether oxygens (including phenoxy) is 6. The van der Waals surface area contributed by atoms with Crippen molar-refractivity contribution in [1.82, 2.24) is 0 Å². The maximum absolute atomic E-state index is 14.0. The highest BCUT2D eigenvalue weighted by atomic mass is 16.7. The van der Waals surface area contributed by atoms with E-state index in [1.165, 1.54) is 31.2 Å². The molecule has 3 aromatic rings. The summed E-state index contributed by atoms with van der Waals surface area (Å²) in [6.45, 7) is -0.0995. The SMILES string of the molecule is CC1OC(Oc2c(-c3ccc(O)cc3)oc3cc(OC4OC(CO)C(O)C(O)C4O)cc(O)c3c2=O)C(O)C(O)C1OC1OC(CO)C(O)C(O)C1O. The van der Waals surface area contributed by atoms with E-state index in [0.717, 1.165) is 12.1 Å². The summed E-state index contributed by atoms with van der Waals surface area (Å²) in [5, 5.41) is 123. The monoisotopic (exact) mass is 756 g/mol. The van der Waals surface area contributed by atoms with E-state index < -0.39 is 128 Å². The maximum Gasteiger partial charge on any atom is 0.239 e. The zero-order valence-electron chi connectivity index (χ0n) is 27.7. The third kappa shape index (κ3) is 7.39. The van der Waals surface area contributed by atoms with Gasteiger partial charge in [0.2, 0.25) is 23.8 Å². The fraction of sp³-hybridized carbons (Fsp3) is 0.545. The molecule has 6 rings (SSSR count). The smallest absolute Gasteiger partial charge is 0.239 e. The molecule has 0 saturated carbocycles. The van der Waals surface area contributed by atoms with Gasteiger partial charge in [-0.1, -0.05) is 0 Å². The Morgan fingerprint density at radius 1 is 0.660 bits per heavy atom. The van der Waals surface area contributed by atoms with Crippen LogP contribution in [-0.2, 0) is 18.9 Å². The van der Waals surface area contributed by atoms with Crippen molar-refractivity contribution in [3.63, 3.8) is 0 Å². The maximum atomic E-state index is 14.0. The summed E-state index contributed by atoms with van der Waals surface area (Å²) in [4.78, 5) is 14.0. The number of hydrogen-bond acceptors (Lipinski definition) is 20. The van der Waals surface area contributed by atoms with Gasteiger partial charge in [-0.15, -0.1) is 0 Å². The van der Waals surface area contributed by atoms with Crippen molar-refractivity contribution < 1.29 is 94.1 Å². The van der Waals surface area contributed by atoms with E-state index in [1.54, 1.807) is 0 Å². The van der Waals surface area contributed by atoms with Gasteiger partial charge in [0.15, 0.2) is 12.1 Å². The molecule has 2 aromatic carbocycles. The lowest BCUT2D eigenvalue weighted by Gasteiger charge is -2.45. The molecule has 0 radical (unpaired) electrons. The third-order valence-electron chi connectivity index (χ3n) is 9.29. The Morgan fingerprint density at radius 3 is 1.81 bits per heavy atom. The summed E-state index contributed by atoms with van der Waals surface area (Å²) < 4.78 is 39.5. The molecule has 0 bridgehead atoms. The Hall–Kier alpha value is -3.71. The molecule has 15 atom stereocenters. The van der Waals surface area contributed by atoms with E-state index in [2.05, 4.69) is 0 Å².